The molecule has 1 aliphatic heterocycles. The fraction of sp³-hybridized carbons (Fsp3) is 0.588. The molecule has 1 heterocycles. The van der Waals surface area contributed by atoms with Crippen LogP contribution < -0.4 is 11.1 Å². The molecular formula is C17H25N3O. The second-order valence-corrected chi connectivity index (χ2v) is 6.39. The van der Waals surface area contributed by atoms with E-state index in [0.29, 0.717) is 18.5 Å². The molecule has 1 aromatic rings. The highest BCUT2D eigenvalue weighted by molar-refractivity contribution is 5.94. The van der Waals surface area contributed by atoms with Gasteiger partial charge in [-0.3, -0.25) is 4.79 Å². The van der Waals surface area contributed by atoms with Gasteiger partial charge in [0.05, 0.1) is 0 Å². The Hall–Kier alpha value is -1.39. The number of nitrogens with one attached hydrogen (secondary N) is 1. The predicted molar refractivity (Wildman–Crippen MR) is 84.4 cm³/mol. The SMILES string of the molecule is NCCNC(=O)c1ccc(C2(CN3CCCC3)CC2)cc1. The van der Waals surface area contributed by atoms with Gasteiger partial charge in [-0.1, -0.05) is 12.1 Å². The quantitative estimate of drug-likeness (QED) is 0.833. The molecule has 0 unspecified atom stereocenters. The largest absolute Gasteiger partial charge is 0.351 e. The van der Waals surface area contributed by atoms with Crippen molar-refractivity contribution in [3.8, 4) is 0 Å². The number of amides is 1. The van der Waals surface area contributed by atoms with Gasteiger partial charge in [0.25, 0.3) is 5.91 Å². The van der Waals surface area contributed by atoms with Crippen LogP contribution >= 0.6 is 0 Å². The Morgan fingerprint density at radius 1 is 1.19 bits per heavy atom. The summed E-state index contributed by atoms with van der Waals surface area (Å²) in [4.78, 5) is 14.5. The smallest absolute Gasteiger partial charge is 0.251 e. The summed E-state index contributed by atoms with van der Waals surface area (Å²) >= 11 is 0. The molecule has 2 aliphatic rings. The van der Waals surface area contributed by atoms with Gasteiger partial charge in [-0.25, -0.2) is 0 Å². The lowest BCUT2D eigenvalue weighted by molar-refractivity contribution is 0.0954. The van der Waals surface area contributed by atoms with E-state index in [1.165, 1.54) is 50.9 Å². The Morgan fingerprint density at radius 3 is 2.43 bits per heavy atom. The zero-order valence-electron chi connectivity index (χ0n) is 12.6. The molecule has 4 nitrogen and oxygen atoms in total. The Kier molecular flexibility index (Phi) is 4.27. The van der Waals surface area contributed by atoms with Gasteiger partial charge in [-0.15, -0.1) is 0 Å². The van der Waals surface area contributed by atoms with Crippen LogP contribution in [0.3, 0.4) is 0 Å². The van der Waals surface area contributed by atoms with Gasteiger partial charge >= 0.3 is 0 Å². The Morgan fingerprint density at radius 2 is 1.86 bits per heavy atom. The normalized spacial score (nSPS) is 20.4. The van der Waals surface area contributed by atoms with Crippen molar-refractivity contribution in [3.05, 3.63) is 35.4 Å². The molecule has 4 heteroatoms. The van der Waals surface area contributed by atoms with Gasteiger partial charge in [0.1, 0.15) is 0 Å². The van der Waals surface area contributed by atoms with E-state index < -0.39 is 0 Å². The van der Waals surface area contributed by atoms with E-state index in [0.717, 1.165) is 5.56 Å². The van der Waals surface area contributed by atoms with Crippen molar-refractivity contribution in [2.24, 2.45) is 5.73 Å². The highest BCUT2D eigenvalue weighted by atomic mass is 16.1. The van der Waals surface area contributed by atoms with Crippen LogP contribution in [-0.2, 0) is 5.41 Å². The van der Waals surface area contributed by atoms with Gasteiger partial charge in [0, 0.05) is 30.6 Å². The lowest BCUT2D eigenvalue weighted by Crippen LogP contribution is -2.30. The van der Waals surface area contributed by atoms with Gasteiger partial charge in [0.2, 0.25) is 0 Å². The van der Waals surface area contributed by atoms with E-state index in [9.17, 15) is 4.79 Å². The molecule has 0 radical (unpaired) electrons. The molecular weight excluding hydrogens is 262 g/mol. The maximum atomic E-state index is 11.9. The van der Waals surface area contributed by atoms with E-state index in [2.05, 4.69) is 22.3 Å². The average molecular weight is 287 g/mol. The number of hydrogen-bond donors (Lipinski definition) is 2. The molecule has 3 N–H and O–H groups in total. The number of carbonyl (C=O) groups is 1. The number of nitrogens with zero attached hydrogens (tertiary/aromatic N) is 1. The summed E-state index contributed by atoms with van der Waals surface area (Å²) in [5.74, 6) is -0.0311. The Labute approximate surface area is 126 Å². The van der Waals surface area contributed by atoms with Gasteiger partial charge in [-0.05, 0) is 56.5 Å². The first-order chi connectivity index (χ1) is 10.2. The van der Waals surface area contributed by atoms with Crippen LogP contribution in [0.5, 0.6) is 0 Å². The third kappa shape index (κ3) is 3.27. The summed E-state index contributed by atoms with van der Waals surface area (Å²) in [6.07, 6.45) is 5.25. The highest BCUT2D eigenvalue weighted by Gasteiger charge is 2.45. The van der Waals surface area contributed by atoms with Crippen LogP contribution in [0.2, 0.25) is 0 Å². The summed E-state index contributed by atoms with van der Waals surface area (Å²) in [5, 5.41) is 2.81. The second kappa shape index (κ2) is 6.16. The number of benzene rings is 1. The number of nitrogens with two attached hydrogens (primary N) is 1. The van der Waals surface area contributed by atoms with Crippen molar-refractivity contribution in [2.45, 2.75) is 31.1 Å². The van der Waals surface area contributed by atoms with E-state index in [1.807, 2.05) is 12.1 Å². The molecule has 0 spiro atoms. The van der Waals surface area contributed by atoms with Crippen molar-refractivity contribution < 1.29 is 4.79 Å². The maximum Gasteiger partial charge on any atom is 0.251 e. The average Bonchev–Trinajstić information content (AvgIpc) is 3.11. The molecule has 0 aromatic heterocycles. The third-order valence-electron chi connectivity index (χ3n) is 4.77. The molecule has 1 saturated heterocycles. The standard InChI is InChI=1S/C17H25N3O/c18-9-10-19-16(21)14-3-5-15(6-4-14)17(7-8-17)13-20-11-1-2-12-20/h3-6H,1-2,7-13,18H2,(H,19,21). The monoisotopic (exact) mass is 287 g/mol. The summed E-state index contributed by atoms with van der Waals surface area (Å²) in [6.45, 7) is 4.69. The summed E-state index contributed by atoms with van der Waals surface area (Å²) in [7, 11) is 0. The van der Waals surface area contributed by atoms with E-state index in [1.54, 1.807) is 0 Å². The number of rotatable bonds is 6. The summed E-state index contributed by atoms with van der Waals surface area (Å²) in [6, 6.07) is 8.18. The molecule has 3 rings (SSSR count). The first-order valence-corrected chi connectivity index (χ1v) is 8.05. The van der Waals surface area contributed by atoms with Gasteiger partial charge in [0.15, 0.2) is 0 Å². The van der Waals surface area contributed by atoms with Crippen molar-refractivity contribution in [1.82, 2.24) is 10.2 Å². The molecule has 1 aromatic carbocycles. The Bertz CT molecular complexity index is 487. The predicted octanol–water partition coefficient (Wildman–Crippen LogP) is 1.50. The van der Waals surface area contributed by atoms with Crippen molar-refractivity contribution in [1.29, 1.82) is 0 Å². The minimum absolute atomic E-state index is 0.0311. The summed E-state index contributed by atoms with van der Waals surface area (Å²) in [5.41, 5.74) is 7.88. The van der Waals surface area contributed by atoms with Gasteiger partial charge in [-0.2, -0.15) is 0 Å². The van der Waals surface area contributed by atoms with Crippen LogP contribution in [0, 0.1) is 0 Å². The first-order valence-electron chi connectivity index (χ1n) is 8.05. The third-order valence-corrected chi connectivity index (χ3v) is 4.77. The molecule has 2 fully saturated rings. The van der Waals surface area contributed by atoms with Gasteiger partial charge < -0.3 is 16.0 Å². The molecule has 0 bridgehead atoms. The van der Waals surface area contributed by atoms with E-state index >= 15 is 0 Å². The minimum Gasteiger partial charge on any atom is -0.351 e. The number of hydrogen-bond acceptors (Lipinski definition) is 3. The van der Waals surface area contributed by atoms with Crippen LogP contribution in [0.4, 0.5) is 0 Å². The molecule has 0 atom stereocenters. The highest BCUT2D eigenvalue weighted by Crippen LogP contribution is 2.49. The van der Waals surface area contributed by atoms with Crippen LogP contribution in [0.25, 0.3) is 0 Å². The lowest BCUT2D eigenvalue weighted by atomic mass is 9.94. The van der Waals surface area contributed by atoms with Crippen molar-refractivity contribution in [2.75, 3.05) is 32.7 Å². The zero-order valence-corrected chi connectivity index (χ0v) is 12.6. The van der Waals surface area contributed by atoms with Crippen LogP contribution in [0.1, 0.15) is 41.6 Å². The van der Waals surface area contributed by atoms with Crippen LogP contribution in [-0.4, -0.2) is 43.5 Å². The molecule has 114 valence electrons. The molecule has 1 aliphatic carbocycles. The van der Waals surface area contributed by atoms with Crippen molar-refractivity contribution in [3.63, 3.8) is 0 Å². The van der Waals surface area contributed by atoms with Crippen LogP contribution in [0.15, 0.2) is 24.3 Å². The zero-order chi connectivity index (χ0) is 14.7. The Balaban J connectivity index is 1.64. The fourth-order valence-corrected chi connectivity index (χ4v) is 3.32. The topological polar surface area (TPSA) is 58.4 Å². The van der Waals surface area contributed by atoms with Crippen molar-refractivity contribution >= 4 is 5.91 Å². The van der Waals surface area contributed by atoms with E-state index in [4.69, 9.17) is 5.73 Å². The fourth-order valence-electron chi connectivity index (χ4n) is 3.32. The molecule has 1 saturated carbocycles. The lowest BCUT2D eigenvalue weighted by Gasteiger charge is -2.23. The number of likely N-dealkylation sites (tertiary alicyclic amines) is 1. The minimum atomic E-state index is -0.0311. The number of carbonyl (C=O) groups excluding carboxylic acids is 1. The second-order valence-electron chi connectivity index (χ2n) is 6.39. The first kappa shape index (κ1) is 14.5. The molecule has 1 amide bonds. The maximum absolute atomic E-state index is 11.9. The summed E-state index contributed by atoms with van der Waals surface area (Å²) < 4.78 is 0. The molecule has 21 heavy (non-hydrogen) atoms. The van der Waals surface area contributed by atoms with E-state index in [-0.39, 0.29) is 5.91 Å².